The van der Waals surface area contributed by atoms with Gasteiger partial charge in [0, 0.05) is 12.1 Å². The Balaban J connectivity index is 1.64. The zero-order valence-corrected chi connectivity index (χ0v) is 16.4. The highest BCUT2D eigenvalue weighted by molar-refractivity contribution is 5.95. The molecule has 1 saturated heterocycles. The van der Waals surface area contributed by atoms with Crippen LogP contribution in [-0.4, -0.2) is 26.4 Å². The van der Waals surface area contributed by atoms with E-state index in [4.69, 9.17) is 23.4 Å². The van der Waals surface area contributed by atoms with E-state index in [2.05, 4.69) is 0 Å². The summed E-state index contributed by atoms with van der Waals surface area (Å²) in [6.07, 6.45) is 0.109. The number of hydrogen-bond donors (Lipinski definition) is 0. The van der Waals surface area contributed by atoms with Gasteiger partial charge in [-0.05, 0) is 17.7 Å². The van der Waals surface area contributed by atoms with E-state index in [1.807, 2.05) is 30.3 Å². The highest BCUT2D eigenvalue weighted by Crippen LogP contribution is 2.34. The summed E-state index contributed by atoms with van der Waals surface area (Å²) in [4.78, 5) is 13.3. The van der Waals surface area contributed by atoms with Gasteiger partial charge in [-0.1, -0.05) is 36.4 Å². The summed E-state index contributed by atoms with van der Waals surface area (Å²) in [5, 5.41) is 0.813. The molecule has 0 N–H and O–H groups in total. The molecule has 1 fully saturated rings. The van der Waals surface area contributed by atoms with Gasteiger partial charge in [-0.15, -0.1) is 0 Å². The summed E-state index contributed by atoms with van der Waals surface area (Å²) in [5.41, 5.74) is 1.60. The molecule has 1 unspecified atom stereocenters. The minimum atomic E-state index is -0.176. The fourth-order valence-corrected chi connectivity index (χ4v) is 3.36. The topological polar surface area (TPSA) is 70.4 Å². The highest BCUT2D eigenvalue weighted by atomic mass is 16.6. The van der Waals surface area contributed by atoms with Crippen LogP contribution in [0.1, 0.15) is 5.56 Å². The molecule has 0 bridgehead atoms. The number of methoxy groups -OCH3 is 1. The Morgan fingerprint density at radius 3 is 2.60 bits per heavy atom. The summed E-state index contributed by atoms with van der Waals surface area (Å²) < 4.78 is 28.6. The van der Waals surface area contributed by atoms with Crippen LogP contribution in [0.4, 0.5) is 0 Å². The number of para-hydroxylation sites is 1. The smallest absolute Gasteiger partial charge is 0.204 e. The van der Waals surface area contributed by atoms with E-state index < -0.39 is 0 Å². The van der Waals surface area contributed by atoms with Gasteiger partial charge >= 0.3 is 0 Å². The van der Waals surface area contributed by atoms with Gasteiger partial charge in [0.1, 0.15) is 41.8 Å². The second kappa shape index (κ2) is 7.72. The summed E-state index contributed by atoms with van der Waals surface area (Å²) in [6, 6.07) is 18.5. The molecule has 0 amide bonds. The summed E-state index contributed by atoms with van der Waals surface area (Å²) in [5.74, 6) is 1.47. The molecule has 0 radical (unpaired) electrons. The molecule has 6 nitrogen and oxygen atoms in total. The van der Waals surface area contributed by atoms with Gasteiger partial charge in [-0.3, -0.25) is 4.79 Å². The molecule has 3 aromatic carbocycles. The van der Waals surface area contributed by atoms with Crippen molar-refractivity contribution in [2.24, 2.45) is 0 Å². The standard InChI is InChI=1S/C24H20O6/c1-26-19-9-5-8-18-23(25)22-20(29-12-15-6-3-2-4-7-15)10-16(27-13-17-14-28-17)11-21(22)30-24(18)19/h2-11,17H,12-14H2,1H3. The molecule has 30 heavy (non-hydrogen) atoms. The first-order chi connectivity index (χ1) is 14.7. The maximum absolute atomic E-state index is 13.3. The molecule has 2 heterocycles. The molecule has 0 spiro atoms. The largest absolute Gasteiger partial charge is 0.493 e. The van der Waals surface area contributed by atoms with E-state index in [1.165, 1.54) is 0 Å². The molecule has 1 atom stereocenters. The lowest BCUT2D eigenvalue weighted by molar-refractivity contribution is 0.260. The average Bonchev–Trinajstić information content (AvgIpc) is 3.61. The fourth-order valence-electron chi connectivity index (χ4n) is 3.36. The molecule has 1 aromatic heterocycles. The van der Waals surface area contributed by atoms with Gasteiger partial charge in [0.25, 0.3) is 0 Å². The number of hydrogen-bond acceptors (Lipinski definition) is 6. The van der Waals surface area contributed by atoms with Crippen molar-refractivity contribution in [1.29, 1.82) is 0 Å². The Morgan fingerprint density at radius 1 is 1.00 bits per heavy atom. The van der Waals surface area contributed by atoms with Crippen molar-refractivity contribution in [3.63, 3.8) is 0 Å². The molecule has 6 heteroatoms. The lowest BCUT2D eigenvalue weighted by Gasteiger charge is -2.13. The first-order valence-corrected chi connectivity index (χ1v) is 9.71. The second-order valence-corrected chi connectivity index (χ2v) is 7.10. The van der Waals surface area contributed by atoms with Crippen LogP contribution in [-0.2, 0) is 11.3 Å². The maximum Gasteiger partial charge on any atom is 0.204 e. The monoisotopic (exact) mass is 404 g/mol. The lowest BCUT2D eigenvalue weighted by Crippen LogP contribution is -2.08. The Morgan fingerprint density at radius 2 is 1.83 bits per heavy atom. The van der Waals surface area contributed by atoms with Crippen molar-refractivity contribution in [1.82, 2.24) is 0 Å². The Kier molecular flexibility index (Phi) is 4.77. The number of rotatable bonds is 7. The molecule has 5 rings (SSSR count). The summed E-state index contributed by atoms with van der Waals surface area (Å²) >= 11 is 0. The highest BCUT2D eigenvalue weighted by Gasteiger charge is 2.24. The van der Waals surface area contributed by atoms with Crippen molar-refractivity contribution in [3.8, 4) is 17.2 Å². The van der Waals surface area contributed by atoms with Crippen LogP contribution in [0.3, 0.4) is 0 Å². The second-order valence-electron chi connectivity index (χ2n) is 7.10. The lowest BCUT2D eigenvalue weighted by atomic mass is 10.1. The quantitative estimate of drug-likeness (QED) is 0.338. The average molecular weight is 404 g/mol. The number of ether oxygens (including phenoxy) is 4. The van der Waals surface area contributed by atoms with Gasteiger partial charge in [-0.25, -0.2) is 0 Å². The van der Waals surface area contributed by atoms with E-state index in [9.17, 15) is 4.79 Å². The van der Waals surface area contributed by atoms with E-state index in [1.54, 1.807) is 37.4 Å². The summed E-state index contributed by atoms with van der Waals surface area (Å²) in [6.45, 7) is 1.45. The SMILES string of the molecule is COc1cccc2c(=O)c3c(OCc4ccccc4)cc(OCC4CO4)cc3oc12. The predicted octanol–water partition coefficient (Wildman–Crippen LogP) is 4.31. The van der Waals surface area contributed by atoms with Crippen molar-refractivity contribution < 1.29 is 23.4 Å². The van der Waals surface area contributed by atoms with Crippen LogP contribution >= 0.6 is 0 Å². The molecule has 4 aromatic rings. The molecule has 152 valence electrons. The first-order valence-electron chi connectivity index (χ1n) is 9.71. The molecular weight excluding hydrogens is 384 g/mol. The van der Waals surface area contributed by atoms with E-state index in [0.717, 1.165) is 5.56 Å². The van der Waals surface area contributed by atoms with Gasteiger partial charge in [0.15, 0.2) is 11.3 Å². The van der Waals surface area contributed by atoms with Crippen molar-refractivity contribution in [2.45, 2.75) is 12.7 Å². The number of fused-ring (bicyclic) bond motifs is 2. The fraction of sp³-hybridized carbons (Fsp3) is 0.208. The van der Waals surface area contributed by atoms with Crippen LogP contribution in [0.2, 0.25) is 0 Å². The number of epoxide rings is 1. The molecule has 1 aliphatic heterocycles. The van der Waals surface area contributed by atoms with Crippen molar-refractivity contribution >= 4 is 21.9 Å². The Labute approximate surface area is 172 Å². The first kappa shape index (κ1) is 18.5. The number of benzene rings is 3. The third-order valence-corrected chi connectivity index (χ3v) is 5.00. The van der Waals surface area contributed by atoms with Crippen molar-refractivity contribution in [3.05, 3.63) is 76.5 Å². The van der Waals surface area contributed by atoms with Gasteiger partial charge in [-0.2, -0.15) is 0 Å². The van der Waals surface area contributed by atoms with Crippen LogP contribution in [0, 0.1) is 0 Å². The third-order valence-electron chi connectivity index (χ3n) is 5.00. The zero-order chi connectivity index (χ0) is 20.5. The maximum atomic E-state index is 13.3. The van der Waals surface area contributed by atoms with Gasteiger partial charge in [0.2, 0.25) is 5.43 Å². The molecule has 1 aliphatic rings. The van der Waals surface area contributed by atoms with Crippen LogP contribution in [0.15, 0.2) is 69.9 Å². The Bertz CT molecular complexity index is 1260. The van der Waals surface area contributed by atoms with E-state index >= 15 is 0 Å². The van der Waals surface area contributed by atoms with Crippen LogP contribution < -0.4 is 19.6 Å². The van der Waals surface area contributed by atoms with E-state index in [-0.39, 0.29) is 11.5 Å². The van der Waals surface area contributed by atoms with Crippen LogP contribution in [0.25, 0.3) is 21.9 Å². The van der Waals surface area contributed by atoms with Gasteiger partial charge in [0.05, 0.1) is 19.1 Å². The summed E-state index contributed by atoms with van der Waals surface area (Å²) in [7, 11) is 1.54. The minimum absolute atomic E-state index is 0.109. The molecule has 0 saturated carbocycles. The van der Waals surface area contributed by atoms with Crippen LogP contribution in [0.5, 0.6) is 17.2 Å². The van der Waals surface area contributed by atoms with Gasteiger partial charge < -0.3 is 23.4 Å². The third kappa shape index (κ3) is 3.57. The zero-order valence-electron chi connectivity index (χ0n) is 16.4. The van der Waals surface area contributed by atoms with E-state index in [0.29, 0.717) is 59.0 Å². The molecular formula is C24H20O6. The minimum Gasteiger partial charge on any atom is -0.493 e. The molecule has 0 aliphatic carbocycles. The normalized spacial score (nSPS) is 15.3. The predicted molar refractivity (Wildman–Crippen MR) is 113 cm³/mol. The van der Waals surface area contributed by atoms with Crippen molar-refractivity contribution in [2.75, 3.05) is 20.3 Å². The Hall–Kier alpha value is -3.51.